The highest BCUT2D eigenvalue weighted by atomic mass is 16.2. The van der Waals surface area contributed by atoms with Crippen LogP contribution in [-0.4, -0.2) is 42.3 Å². The lowest BCUT2D eigenvalue weighted by molar-refractivity contribution is -0.123. The molecule has 0 aromatic heterocycles. The zero-order chi connectivity index (χ0) is 8.77. The number of ketones is 1. The van der Waals surface area contributed by atoms with Gasteiger partial charge < -0.3 is 10.2 Å². The standard InChI is InChI=1S/C8H12N2O2/c1-10-3-2-8(5-10)6(11)4-7(12)9-8/h2-5H2,1H3,(H,9,12). The molecule has 0 aromatic rings. The van der Waals surface area contributed by atoms with Gasteiger partial charge in [0, 0.05) is 13.1 Å². The highest BCUT2D eigenvalue weighted by Crippen LogP contribution is 2.26. The molecule has 4 nitrogen and oxygen atoms in total. The summed E-state index contributed by atoms with van der Waals surface area (Å²) in [5.74, 6) is -0.0489. The Labute approximate surface area is 70.9 Å². The van der Waals surface area contributed by atoms with Crippen LogP contribution in [-0.2, 0) is 9.59 Å². The first-order valence-corrected chi connectivity index (χ1v) is 4.15. The number of nitrogens with one attached hydrogen (secondary N) is 1. The Hall–Kier alpha value is -0.900. The number of rotatable bonds is 0. The summed E-state index contributed by atoms with van der Waals surface area (Å²) in [6.07, 6.45) is 0.849. The highest BCUT2D eigenvalue weighted by molar-refractivity contribution is 6.10. The fourth-order valence-corrected chi connectivity index (χ4v) is 2.03. The number of amides is 1. The second-order valence-electron chi connectivity index (χ2n) is 3.72. The minimum Gasteiger partial charge on any atom is -0.342 e. The van der Waals surface area contributed by atoms with Crippen LogP contribution in [0.25, 0.3) is 0 Å². The van der Waals surface area contributed by atoms with Crippen molar-refractivity contribution in [3.8, 4) is 0 Å². The minimum absolute atomic E-state index is 0.0665. The van der Waals surface area contributed by atoms with Crippen molar-refractivity contribution in [2.24, 2.45) is 0 Å². The molecule has 12 heavy (non-hydrogen) atoms. The average molecular weight is 168 g/mol. The molecule has 0 aliphatic carbocycles. The Bertz CT molecular complexity index is 251. The van der Waals surface area contributed by atoms with Crippen LogP contribution in [0.5, 0.6) is 0 Å². The molecule has 0 aromatic carbocycles. The summed E-state index contributed by atoms with van der Waals surface area (Å²) in [6.45, 7) is 1.57. The van der Waals surface area contributed by atoms with Crippen LogP contribution < -0.4 is 5.32 Å². The molecule has 1 atom stereocenters. The summed E-state index contributed by atoms with van der Waals surface area (Å²) in [5.41, 5.74) is -0.522. The van der Waals surface area contributed by atoms with E-state index in [-0.39, 0.29) is 18.1 Å². The van der Waals surface area contributed by atoms with E-state index in [4.69, 9.17) is 0 Å². The lowest BCUT2D eigenvalue weighted by atomic mass is 9.95. The molecule has 1 spiro atoms. The topological polar surface area (TPSA) is 49.4 Å². The summed E-state index contributed by atoms with van der Waals surface area (Å²) < 4.78 is 0. The third-order valence-electron chi connectivity index (χ3n) is 2.69. The molecule has 1 unspecified atom stereocenters. The third kappa shape index (κ3) is 0.948. The van der Waals surface area contributed by atoms with E-state index in [2.05, 4.69) is 10.2 Å². The molecular formula is C8H12N2O2. The Morgan fingerprint density at radius 2 is 2.25 bits per heavy atom. The molecule has 2 rings (SSSR count). The molecule has 0 saturated carbocycles. The van der Waals surface area contributed by atoms with Gasteiger partial charge in [0.25, 0.3) is 0 Å². The number of Topliss-reactive ketones (excluding diaryl/α,β-unsaturated/α-hetero) is 1. The largest absolute Gasteiger partial charge is 0.342 e. The number of carbonyl (C=O) groups excluding carboxylic acids is 2. The normalized spacial score (nSPS) is 36.4. The van der Waals surface area contributed by atoms with Gasteiger partial charge >= 0.3 is 0 Å². The maximum atomic E-state index is 11.4. The lowest BCUT2D eigenvalue weighted by Crippen LogP contribution is -2.48. The van der Waals surface area contributed by atoms with Gasteiger partial charge in [-0.25, -0.2) is 0 Å². The highest BCUT2D eigenvalue weighted by Gasteiger charge is 2.49. The zero-order valence-electron chi connectivity index (χ0n) is 7.09. The summed E-state index contributed by atoms with van der Waals surface area (Å²) in [4.78, 5) is 24.5. The van der Waals surface area contributed by atoms with Crippen molar-refractivity contribution >= 4 is 11.7 Å². The molecule has 0 radical (unpaired) electrons. The SMILES string of the molecule is CN1CCC2(C1)NC(=O)CC2=O. The fourth-order valence-electron chi connectivity index (χ4n) is 2.03. The van der Waals surface area contributed by atoms with Gasteiger partial charge in [0.15, 0.2) is 5.78 Å². The Balaban J connectivity index is 2.22. The van der Waals surface area contributed by atoms with Crippen molar-refractivity contribution < 1.29 is 9.59 Å². The van der Waals surface area contributed by atoms with Crippen LogP contribution >= 0.6 is 0 Å². The molecule has 1 amide bonds. The van der Waals surface area contributed by atoms with Crippen LogP contribution in [0.3, 0.4) is 0 Å². The number of carbonyl (C=O) groups is 2. The van der Waals surface area contributed by atoms with Crippen LogP contribution in [0.4, 0.5) is 0 Å². The Morgan fingerprint density at radius 3 is 2.67 bits per heavy atom. The molecule has 66 valence electrons. The smallest absolute Gasteiger partial charge is 0.228 e. The number of nitrogens with zero attached hydrogens (tertiary/aromatic N) is 1. The summed E-state index contributed by atoms with van der Waals surface area (Å²) >= 11 is 0. The zero-order valence-corrected chi connectivity index (χ0v) is 7.09. The van der Waals surface area contributed by atoms with Crippen LogP contribution in [0.1, 0.15) is 12.8 Å². The van der Waals surface area contributed by atoms with Gasteiger partial charge in [0.05, 0.1) is 6.42 Å². The van der Waals surface area contributed by atoms with Gasteiger partial charge in [-0.3, -0.25) is 9.59 Å². The molecule has 1 N–H and O–H groups in total. The molecule has 2 saturated heterocycles. The molecule has 2 aliphatic heterocycles. The van der Waals surface area contributed by atoms with Crippen molar-refractivity contribution in [2.45, 2.75) is 18.4 Å². The van der Waals surface area contributed by atoms with E-state index >= 15 is 0 Å². The van der Waals surface area contributed by atoms with E-state index in [9.17, 15) is 9.59 Å². The van der Waals surface area contributed by atoms with Crippen LogP contribution in [0, 0.1) is 0 Å². The monoisotopic (exact) mass is 168 g/mol. The van der Waals surface area contributed by atoms with Crippen molar-refractivity contribution in [1.29, 1.82) is 0 Å². The first-order chi connectivity index (χ1) is 5.62. The second-order valence-corrected chi connectivity index (χ2v) is 3.72. The number of hydrogen-bond acceptors (Lipinski definition) is 3. The number of hydrogen-bond donors (Lipinski definition) is 1. The molecular weight excluding hydrogens is 156 g/mol. The van der Waals surface area contributed by atoms with Crippen molar-refractivity contribution in [1.82, 2.24) is 10.2 Å². The van der Waals surface area contributed by atoms with Gasteiger partial charge in [0.1, 0.15) is 5.54 Å². The van der Waals surface area contributed by atoms with Crippen molar-refractivity contribution in [2.75, 3.05) is 20.1 Å². The van der Waals surface area contributed by atoms with E-state index in [1.165, 1.54) is 0 Å². The van der Waals surface area contributed by atoms with Gasteiger partial charge in [0.2, 0.25) is 5.91 Å². The number of likely N-dealkylation sites (N-methyl/N-ethyl adjacent to an activating group) is 1. The predicted octanol–water partition coefficient (Wildman–Crippen LogP) is -0.850. The summed E-state index contributed by atoms with van der Waals surface area (Å²) in [5, 5.41) is 2.78. The third-order valence-corrected chi connectivity index (χ3v) is 2.69. The van der Waals surface area contributed by atoms with E-state index in [0.717, 1.165) is 13.0 Å². The minimum atomic E-state index is -0.522. The molecule has 0 bridgehead atoms. The van der Waals surface area contributed by atoms with Gasteiger partial charge in [-0.05, 0) is 13.5 Å². The van der Waals surface area contributed by atoms with Crippen molar-refractivity contribution in [3.05, 3.63) is 0 Å². The number of likely N-dealkylation sites (tertiary alicyclic amines) is 1. The maximum absolute atomic E-state index is 11.4. The maximum Gasteiger partial charge on any atom is 0.228 e. The lowest BCUT2D eigenvalue weighted by Gasteiger charge is -2.20. The quantitative estimate of drug-likeness (QED) is 0.479. The van der Waals surface area contributed by atoms with Crippen LogP contribution in [0.15, 0.2) is 0 Å². The average Bonchev–Trinajstić information content (AvgIpc) is 2.43. The Morgan fingerprint density at radius 1 is 1.50 bits per heavy atom. The molecule has 2 fully saturated rings. The van der Waals surface area contributed by atoms with Gasteiger partial charge in [-0.1, -0.05) is 0 Å². The van der Waals surface area contributed by atoms with Crippen LogP contribution in [0.2, 0.25) is 0 Å². The van der Waals surface area contributed by atoms with E-state index in [1.807, 2.05) is 7.05 Å². The van der Waals surface area contributed by atoms with E-state index < -0.39 is 5.54 Å². The molecule has 4 heteroatoms. The van der Waals surface area contributed by atoms with Crippen molar-refractivity contribution in [3.63, 3.8) is 0 Å². The van der Waals surface area contributed by atoms with E-state index in [1.54, 1.807) is 0 Å². The first kappa shape index (κ1) is 7.73. The fraction of sp³-hybridized carbons (Fsp3) is 0.750. The Kier molecular flexibility index (Phi) is 1.48. The predicted molar refractivity (Wildman–Crippen MR) is 42.6 cm³/mol. The summed E-state index contributed by atoms with van der Waals surface area (Å²) in [7, 11) is 1.96. The first-order valence-electron chi connectivity index (χ1n) is 4.15. The molecule has 2 aliphatic rings. The summed E-state index contributed by atoms with van der Waals surface area (Å²) in [6, 6.07) is 0. The molecule has 2 heterocycles. The van der Waals surface area contributed by atoms with Gasteiger partial charge in [-0.2, -0.15) is 0 Å². The van der Waals surface area contributed by atoms with Gasteiger partial charge in [-0.15, -0.1) is 0 Å². The second kappa shape index (κ2) is 2.29. The van der Waals surface area contributed by atoms with E-state index in [0.29, 0.717) is 6.54 Å².